The molecule has 1 rings (SSSR count). The summed E-state index contributed by atoms with van der Waals surface area (Å²) in [4.78, 5) is 17.5. The number of carbonyl (C=O) groups excluding carboxylic acids is 1. The van der Waals surface area contributed by atoms with Crippen LogP contribution in [0.25, 0.3) is 0 Å². The molecule has 0 atom stereocenters. The first-order valence-electron chi connectivity index (χ1n) is 8.02. The van der Waals surface area contributed by atoms with Crippen LogP contribution in [-0.4, -0.2) is 64.2 Å². The van der Waals surface area contributed by atoms with Gasteiger partial charge in [-0.1, -0.05) is 11.6 Å². The highest BCUT2D eigenvalue weighted by atomic mass is 16.5. The number of likely N-dealkylation sites (N-methyl/N-ethyl adjacent to an activating group) is 1. The molecule has 0 heterocycles. The zero-order chi connectivity index (χ0) is 16.2. The first-order valence-corrected chi connectivity index (χ1v) is 8.02. The lowest BCUT2D eigenvalue weighted by Gasteiger charge is -2.16. The summed E-state index contributed by atoms with van der Waals surface area (Å²) >= 11 is 0. The van der Waals surface area contributed by atoms with Crippen LogP contribution >= 0.6 is 0 Å². The number of nitrogens with one attached hydrogen (secondary N) is 2. The highest BCUT2D eigenvalue weighted by Gasteiger charge is 2.06. The second-order valence-electron chi connectivity index (χ2n) is 5.66. The number of methoxy groups -OCH3 is 1. The minimum absolute atomic E-state index is 0.0113. The van der Waals surface area contributed by atoms with Gasteiger partial charge in [-0.25, -0.2) is 4.99 Å². The largest absolute Gasteiger partial charge is 0.383 e. The van der Waals surface area contributed by atoms with Gasteiger partial charge in [0.1, 0.15) is 6.54 Å². The van der Waals surface area contributed by atoms with Gasteiger partial charge in [-0.2, -0.15) is 0 Å². The van der Waals surface area contributed by atoms with Crippen LogP contribution in [0.15, 0.2) is 16.6 Å². The summed E-state index contributed by atoms with van der Waals surface area (Å²) in [6.45, 7) is 2.26. The molecule has 6 nitrogen and oxygen atoms in total. The van der Waals surface area contributed by atoms with Crippen LogP contribution in [0.3, 0.4) is 0 Å². The molecule has 1 aliphatic carbocycles. The Hall–Kier alpha value is -1.56. The molecule has 0 aromatic rings. The van der Waals surface area contributed by atoms with Crippen molar-refractivity contribution in [1.29, 1.82) is 0 Å². The Kier molecular flexibility index (Phi) is 9.30. The van der Waals surface area contributed by atoms with Crippen molar-refractivity contribution in [2.24, 2.45) is 4.99 Å². The Bertz CT molecular complexity index is 392. The molecule has 0 aromatic carbocycles. The third-order valence-corrected chi connectivity index (χ3v) is 3.59. The summed E-state index contributed by atoms with van der Waals surface area (Å²) in [6, 6.07) is 0. The van der Waals surface area contributed by atoms with E-state index < -0.39 is 0 Å². The van der Waals surface area contributed by atoms with Crippen molar-refractivity contribution in [2.45, 2.75) is 32.1 Å². The molecule has 0 aromatic heterocycles. The molecule has 2 N–H and O–H groups in total. The molecular weight excluding hydrogens is 280 g/mol. The van der Waals surface area contributed by atoms with E-state index in [0.29, 0.717) is 19.1 Å². The molecule has 0 bridgehead atoms. The number of hydrogen-bond donors (Lipinski definition) is 2. The molecule has 1 aliphatic rings. The minimum atomic E-state index is -0.0113. The number of hydrogen-bond acceptors (Lipinski definition) is 3. The van der Waals surface area contributed by atoms with Gasteiger partial charge < -0.3 is 20.3 Å². The predicted octanol–water partition coefficient (Wildman–Crippen LogP) is 1.15. The van der Waals surface area contributed by atoms with Gasteiger partial charge in [-0.05, 0) is 32.1 Å². The summed E-state index contributed by atoms with van der Waals surface area (Å²) in [5.41, 5.74) is 1.53. The molecule has 0 aliphatic heterocycles. The first-order chi connectivity index (χ1) is 10.6. The zero-order valence-corrected chi connectivity index (χ0v) is 14.2. The van der Waals surface area contributed by atoms with Crippen LogP contribution in [0, 0.1) is 0 Å². The number of guanidine groups is 1. The van der Waals surface area contributed by atoms with Crippen molar-refractivity contribution in [1.82, 2.24) is 15.5 Å². The maximum absolute atomic E-state index is 11.6. The maximum atomic E-state index is 11.6. The number of ether oxygens (including phenoxy) is 1. The Morgan fingerprint density at radius 3 is 2.73 bits per heavy atom. The monoisotopic (exact) mass is 310 g/mol. The van der Waals surface area contributed by atoms with E-state index >= 15 is 0 Å². The van der Waals surface area contributed by atoms with Gasteiger partial charge in [-0.3, -0.25) is 4.79 Å². The summed E-state index contributed by atoms with van der Waals surface area (Å²) < 4.78 is 5.03. The van der Waals surface area contributed by atoms with E-state index in [-0.39, 0.29) is 12.5 Å². The van der Waals surface area contributed by atoms with Gasteiger partial charge in [0.15, 0.2) is 5.96 Å². The number of aliphatic imine (C=N–C) groups is 1. The Morgan fingerprint density at radius 2 is 2.09 bits per heavy atom. The van der Waals surface area contributed by atoms with Gasteiger partial charge in [0, 0.05) is 34.3 Å². The third kappa shape index (κ3) is 8.02. The molecule has 1 amide bonds. The fraction of sp³-hybridized carbons (Fsp3) is 0.750. The van der Waals surface area contributed by atoms with Crippen LogP contribution in [0.2, 0.25) is 0 Å². The highest BCUT2D eigenvalue weighted by Crippen LogP contribution is 2.19. The number of nitrogens with zero attached hydrogens (tertiary/aromatic N) is 2. The van der Waals surface area contributed by atoms with Gasteiger partial charge in [-0.15, -0.1) is 0 Å². The Balaban J connectivity index is 2.40. The number of allylic oxidation sites excluding steroid dienone is 1. The van der Waals surface area contributed by atoms with E-state index in [1.165, 1.54) is 31.3 Å². The van der Waals surface area contributed by atoms with Crippen LogP contribution in [0.1, 0.15) is 32.1 Å². The lowest BCUT2D eigenvalue weighted by molar-refractivity contribution is -0.127. The van der Waals surface area contributed by atoms with Gasteiger partial charge in [0.05, 0.1) is 6.61 Å². The standard InChI is InChI=1S/C16H30N4O2/c1-20(2)15(21)13-19-16(18-11-12-22-3)17-10-9-14-7-5-4-6-8-14/h7H,4-6,8-13H2,1-3H3,(H2,17,18,19). The van der Waals surface area contributed by atoms with E-state index in [1.807, 2.05) is 0 Å². The molecule has 0 saturated heterocycles. The normalized spacial score (nSPS) is 15.2. The summed E-state index contributed by atoms with van der Waals surface area (Å²) in [5, 5.41) is 6.47. The van der Waals surface area contributed by atoms with Crippen LogP contribution in [-0.2, 0) is 9.53 Å². The van der Waals surface area contributed by atoms with E-state index in [4.69, 9.17) is 4.74 Å². The smallest absolute Gasteiger partial charge is 0.243 e. The second kappa shape index (κ2) is 11.1. The van der Waals surface area contributed by atoms with Gasteiger partial charge >= 0.3 is 0 Å². The maximum Gasteiger partial charge on any atom is 0.243 e. The average molecular weight is 310 g/mol. The average Bonchev–Trinajstić information content (AvgIpc) is 2.52. The van der Waals surface area contributed by atoms with Crippen molar-refractivity contribution >= 4 is 11.9 Å². The molecule has 0 spiro atoms. The van der Waals surface area contributed by atoms with Crippen molar-refractivity contribution in [3.05, 3.63) is 11.6 Å². The predicted molar refractivity (Wildman–Crippen MR) is 90.0 cm³/mol. The summed E-state index contributed by atoms with van der Waals surface area (Å²) in [6.07, 6.45) is 8.43. The SMILES string of the molecule is COCCNC(=NCC(=O)N(C)C)NCCC1=CCCCC1. The summed E-state index contributed by atoms with van der Waals surface area (Å²) in [7, 11) is 5.13. The van der Waals surface area contributed by atoms with Crippen LogP contribution in [0.4, 0.5) is 0 Å². The molecule has 126 valence electrons. The molecule has 22 heavy (non-hydrogen) atoms. The molecule has 0 saturated carbocycles. The fourth-order valence-corrected chi connectivity index (χ4v) is 2.21. The Labute approximate surface area is 134 Å². The van der Waals surface area contributed by atoms with E-state index in [0.717, 1.165) is 13.0 Å². The molecule has 0 fully saturated rings. The van der Waals surface area contributed by atoms with E-state index in [1.54, 1.807) is 26.1 Å². The Morgan fingerprint density at radius 1 is 1.32 bits per heavy atom. The number of rotatable bonds is 8. The van der Waals surface area contributed by atoms with E-state index in [9.17, 15) is 4.79 Å². The fourth-order valence-electron chi connectivity index (χ4n) is 2.21. The highest BCUT2D eigenvalue weighted by molar-refractivity contribution is 5.84. The van der Waals surface area contributed by atoms with Gasteiger partial charge in [0.25, 0.3) is 0 Å². The topological polar surface area (TPSA) is 66.0 Å². The van der Waals surface area contributed by atoms with Crippen molar-refractivity contribution < 1.29 is 9.53 Å². The molecule has 0 unspecified atom stereocenters. The number of carbonyl (C=O) groups is 1. The van der Waals surface area contributed by atoms with Crippen LogP contribution in [0.5, 0.6) is 0 Å². The van der Waals surface area contributed by atoms with Crippen molar-refractivity contribution in [3.8, 4) is 0 Å². The minimum Gasteiger partial charge on any atom is -0.383 e. The van der Waals surface area contributed by atoms with E-state index in [2.05, 4.69) is 21.7 Å². The van der Waals surface area contributed by atoms with Gasteiger partial charge in [0.2, 0.25) is 5.91 Å². The van der Waals surface area contributed by atoms with Crippen LogP contribution < -0.4 is 10.6 Å². The lowest BCUT2D eigenvalue weighted by Crippen LogP contribution is -2.40. The van der Waals surface area contributed by atoms with Crippen molar-refractivity contribution in [3.63, 3.8) is 0 Å². The molecule has 0 radical (unpaired) electrons. The summed E-state index contributed by atoms with van der Waals surface area (Å²) in [5.74, 6) is 0.659. The molecule has 6 heteroatoms. The van der Waals surface area contributed by atoms with Crippen molar-refractivity contribution in [2.75, 3.05) is 47.4 Å². The second-order valence-corrected chi connectivity index (χ2v) is 5.66. The third-order valence-electron chi connectivity index (χ3n) is 3.59. The lowest BCUT2D eigenvalue weighted by atomic mass is 9.97. The molecular formula is C16H30N4O2. The quantitative estimate of drug-likeness (QED) is 0.305. The number of amides is 1. The first kappa shape index (κ1) is 18.5. The zero-order valence-electron chi connectivity index (χ0n) is 14.2.